The number of amidine groups is 1. The third-order valence-electron chi connectivity index (χ3n) is 4.71. The summed E-state index contributed by atoms with van der Waals surface area (Å²) in [5, 5.41) is 0.700. The molecule has 2 aromatic carbocycles. The van der Waals surface area contributed by atoms with E-state index in [1.54, 1.807) is 13.4 Å². The van der Waals surface area contributed by atoms with Crippen LogP contribution in [0, 0.1) is 6.92 Å². The molecule has 28 heavy (non-hydrogen) atoms. The Bertz CT molecular complexity index is 1010. The minimum absolute atomic E-state index is 0.111. The first-order valence-electron chi connectivity index (χ1n) is 8.99. The maximum absolute atomic E-state index is 6.01. The van der Waals surface area contributed by atoms with Gasteiger partial charge in [0.25, 0.3) is 0 Å². The summed E-state index contributed by atoms with van der Waals surface area (Å²) >= 11 is 6.01. The highest BCUT2D eigenvalue weighted by molar-refractivity contribution is 6.30. The second-order valence-electron chi connectivity index (χ2n) is 6.71. The van der Waals surface area contributed by atoms with E-state index in [1.807, 2.05) is 67.1 Å². The van der Waals surface area contributed by atoms with Gasteiger partial charge in [0.1, 0.15) is 17.9 Å². The SMILES string of the molecule is COc1cc(C2=N[C@@H](c3ccc(Cl)cc3)[C@@H](C)ON2)ccc1-n1cnc(C)c1. The third kappa shape index (κ3) is 3.61. The monoisotopic (exact) mass is 396 g/mol. The molecule has 0 fully saturated rings. The molecule has 2 heterocycles. The Morgan fingerprint density at radius 2 is 1.96 bits per heavy atom. The molecule has 0 saturated heterocycles. The number of hydrogen-bond acceptors (Lipinski definition) is 5. The summed E-state index contributed by atoms with van der Waals surface area (Å²) in [6.45, 7) is 3.94. The lowest BCUT2D eigenvalue weighted by Crippen LogP contribution is -2.37. The molecule has 0 unspecified atom stereocenters. The molecule has 1 aromatic heterocycles. The Labute approximate surface area is 168 Å². The number of hydroxylamine groups is 1. The number of halogens is 1. The molecule has 0 saturated carbocycles. The van der Waals surface area contributed by atoms with Gasteiger partial charge >= 0.3 is 0 Å². The lowest BCUT2D eigenvalue weighted by atomic mass is 10.0. The molecule has 0 amide bonds. The molecule has 1 aliphatic rings. The molecule has 2 atom stereocenters. The van der Waals surface area contributed by atoms with E-state index in [-0.39, 0.29) is 12.1 Å². The summed E-state index contributed by atoms with van der Waals surface area (Å²) < 4.78 is 7.53. The van der Waals surface area contributed by atoms with Crippen LogP contribution in [0.4, 0.5) is 0 Å². The number of ether oxygens (including phenoxy) is 1. The van der Waals surface area contributed by atoms with Gasteiger partial charge in [0, 0.05) is 16.8 Å². The molecule has 3 aromatic rings. The van der Waals surface area contributed by atoms with Crippen LogP contribution in [-0.2, 0) is 4.84 Å². The number of aromatic nitrogens is 2. The van der Waals surface area contributed by atoms with Crippen molar-refractivity contribution < 1.29 is 9.57 Å². The number of aryl methyl sites for hydroxylation is 1. The smallest absolute Gasteiger partial charge is 0.153 e. The number of benzene rings is 2. The molecule has 0 radical (unpaired) electrons. The van der Waals surface area contributed by atoms with Crippen LogP contribution in [0.3, 0.4) is 0 Å². The Kier molecular flexibility index (Phi) is 5.07. The molecule has 7 heteroatoms. The quantitative estimate of drug-likeness (QED) is 0.716. The van der Waals surface area contributed by atoms with Gasteiger partial charge in [-0.15, -0.1) is 0 Å². The van der Waals surface area contributed by atoms with E-state index < -0.39 is 0 Å². The van der Waals surface area contributed by atoms with Crippen LogP contribution in [0.25, 0.3) is 5.69 Å². The van der Waals surface area contributed by atoms with Gasteiger partial charge in [-0.1, -0.05) is 23.7 Å². The molecule has 144 valence electrons. The molecule has 0 bridgehead atoms. The lowest BCUT2D eigenvalue weighted by molar-refractivity contribution is -0.00463. The van der Waals surface area contributed by atoms with Gasteiger partial charge in [0.15, 0.2) is 5.84 Å². The zero-order chi connectivity index (χ0) is 19.7. The number of methoxy groups -OCH3 is 1. The highest BCUT2D eigenvalue weighted by Crippen LogP contribution is 2.30. The van der Waals surface area contributed by atoms with Crippen LogP contribution in [0.15, 0.2) is 60.0 Å². The van der Waals surface area contributed by atoms with Crippen molar-refractivity contribution in [2.24, 2.45) is 4.99 Å². The first kappa shape index (κ1) is 18.5. The lowest BCUT2D eigenvalue weighted by Gasteiger charge is -2.28. The topological polar surface area (TPSA) is 60.7 Å². The van der Waals surface area contributed by atoms with Crippen molar-refractivity contribution >= 4 is 17.4 Å². The second kappa shape index (κ2) is 7.66. The zero-order valence-electron chi connectivity index (χ0n) is 15.9. The van der Waals surface area contributed by atoms with Crippen molar-refractivity contribution in [2.75, 3.05) is 7.11 Å². The molecular weight excluding hydrogens is 376 g/mol. The van der Waals surface area contributed by atoms with Crippen LogP contribution < -0.4 is 10.2 Å². The van der Waals surface area contributed by atoms with Gasteiger partial charge in [0.05, 0.1) is 24.8 Å². The molecule has 0 aliphatic carbocycles. The number of aliphatic imine (C=N–C) groups is 1. The van der Waals surface area contributed by atoms with Gasteiger partial charge in [-0.3, -0.25) is 9.83 Å². The summed E-state index contributed by atoms with van der Waals surface area (Å²) in [4.78, 5) is 14.9. The van der Waals surface area contributed by atoms with Crippen molar-refractivity contribution in [2.45, 2.75) is 26.0 Å². The Morgan fingerprint density at radius 1 is 1.18 bits per heavy atom. The predicted molar refractivity (Wildman–Crippen MR) is 109 cm³/mol. The average Bonchev–Trinajstić information content (AvgIpc) is 3.15. The number of nitrogens with zero attached hydrogens (tertiary/aromatic N) is 3. The Morgan fingerprint density at radius 3 is 2.64 bits per heavy atom. The summed E-state index contributed by atoms with van der Waals surface area (Å²) in [5.74, 6) is 1.38. The van der Waals surface area contributed by atoms with Crippen LogP contribution in [0.2, 0.25) is 5.02 Å². The van der Waals surface area contributed by atoms with E-state index in [2.05, 4.69) is 10.5 Å². The van der Waals surface area contributed by atoms with Crippen molar-refractivity contribution in [3.05, 3.63) is 76.8 Å². The standard InChI is InChI=1S/C21H21ClN4O2/c1-13-11-26(12-23-13)18-9-6-16(10-19(18)27-3)21-24-20(14(2)28-25-21)15-4-7-17(22)8-5-15/h4-12,14,20H,1-3H3,(H,24,25)/t14-,20-/m1/s1. The highest BCUT2D eigenvalue weighted by atomic mass is 35.5. The second-order valence-corrected chi connectivity index (χ2v) is 7.14. The molecule has 0 spiro atoms. The van der Waals surface area contributed by atoms with Crippen molar-refractivity contribution in [1.29, 1.82) is 0 Å². The van der Waals surface area contributed by atoms with Gasteiger partial charge < -0.3 is 9.30 Å². The van der Waals surface area contributed by atoms with Crippen molar-refractivity contribution in [3.63, 3.8) is 0 Å². The first-order valence-corrected chi connectivity index (χ1v) is 9.37. The largest absolute Gasteiger partial charge is 0.495 e. The molecule has 1 N–H and O–H groups in total. The average molecular weight is 397 g/mol. The van der Waals surface area contributed by atoms with E-state index >= 15 is 0 Å². The molecule has 4 rings (SSSR count). The Hall–Kier alpha value is -2.83. The minimum atomic E-state index is -0.129. The van der Waals surface area contributed by atoms with Gasteiger partial charge in [-0.05, 0) is 49.7 Å². The summed E-state index contributed by atoms with van der Waals surface area (Å²) in [6.07, 6.45) is 3.61. The van der Waals surface area contributed by atoms with E-state index in [9.17, 15) is 0 Å². The van der Waals surface area contributed by atoms with Crippen LogP contribution in [-0.4, -0.2) is 28.6 Å². The summed E-state index contributed by atoms with van der Waals surface area (Å²) in [6, 6.07) is 13.5. The summed E-state index contributed by atoms with van der Waals surface area (Å²) in [5.41, 5.74) is 6.74. The van der Waals surface area contributed by atoms with Crippen molar-refractivity contribution in [3.8, 4) is 11.4 Å². The maximum Gasteiger partial charge on any atom is 0.153 e. The predicted octanol–water partition coefficient (Wildman–Crippen LogP) is 4.25. The van der Waals surface area contributed by atoms with Crippen molar-refractivity contribution in [1.82, 2.24) is 15.0 Å². The number of hydrogen-bond donors (Lipinski definition) is 1. The van der Waals surface area contributed by atoms with E-state index in [0.29, 0.717) is 10.9 Å². The van der Waals surface area contributed by atoms with Crippen LogP contribution in [0.1, 0.15) is 29.8 Å². The third-order valence-corrected chi connectivity index (χ3v) is 4.96. The highest BCUT2D eigenvalue weighted by Gasteiger charge is 2.26. The minimum Gasteiger partial charge on any atom is -0.495 e. The fraction of sp³-hybridized carbons (Fsp3) is 0.238. The fourth-order valence-corrected chi connectivity index (χ4v) is 3.34. The first-order chi connectivity index (χ1) is 13.5. The van der Waals surface area contributed by atoms with Gasteiger partial charge in [-0.25, -0.2) is 10.5 Å². The molecule has 1 aliphatic heterocycles. The van der Waals surface area contributed by atoms with Crippen LogP contribution in [0.5, 0.6) is 5.75 Å². The molecule has 6 nitrogen and oxygen atoms in total. The van der Waals surface area contributed by atoms with Crippen LogP contribution >= 0.6 is 11.6 Å². The maximum atomic E-state index is 6.01. The Balaban J connectivity index is 1.69. The van der Waals surface area contributed by atoms with Gasteiger partial charge in [0.2, 0.25) is 0 Å². The molecular formula is C21H21ClN4O2. The normalized spacial score (nSPS) is 19.1. The summed E-state index contributed by atoms with van der Waals surface area (Å²) in [7, 11) is 1.65. The van der Waals surface area contributed by atoms with Gasteiger partial charge in [-0.2, -0.15) is 0 Å². The van der Waals surface area contributed by atoms with E-state index in [0.717, 1.165) is 28.3 Å². The number of rotatable bonds is 4. The zero-order valence-corrected chi connectivity index (χ0v) is 16.6. The van der Waals surface area contributed by atoms with E-state index in [1.165, 1.54) is 0 Å². The number of nitrogens with one attached hydrogen (secondary N) is 1. The fourth-order valence-electron chi connectivity index (χ4n) is 3.21. The number of imidazole rings is 1. The van der Waals surface area contributed by atoms with E-state index in [4.69, 9.17) is 26.2 Å².